The molecule has 1 aromatic heterocycles. The second-order valence-corrected chi connectivity index (χ2v) is 5.93. The van der Waals surface area contributed by atoms with Gasteiger partial charge in [-0.25, -0.2) is 9.37 Å². The summed E-state index contributed by atoms with van der Waals surface area (Å²) >= 11 is 0. The number of carbonyl (C=O) groups is 1. The Bertz CT molecular complexity index is 892. The van der Waals surface area contributed by atoms with Crippen LogP contribution in [0.3, 0.4) is 0 Å². The first kappa shape index (κ1) is 17.4. The van der Waals surface area contributed by atoms with Gasteiger partial charge in [-0.05, 0) is 48.5 Å². The van der Waals surface area contributed by atoms with Crippen molar-refractivity contribution in [2.45, 2.75) is 0 Å². The van der Waals surface area contributed by atoms with E-state index in [0.29, 0.717) is 11.5 Å². The minimum absolute atomic E-state index is 0.00400. The molecule has 0 aliphatic carbocycles. The number of pyridine rings is 1. The number of aromatic nitrogens is 1. The van der Waals surface area contributed by atoms with Crippen molar-refractivity contribution in [3.63, 3.8) is 0 Å². The molecule has 0 unspecified atom stereocenters. The number of halogens is 1. The van der Waals surface area contributed by atoms with E-state index in [1.54, 1.807) is 24.3 Å². The second-order valence-electron chi connectivity index (χ2n) is 5.93. The highest BCUT2D eigenvalue weighted by molar-refractivity contribution is 6.04. The Labute approximate surface area is 151 Å². The van der Waals surface area contributed by atoms with Gasteiger partial charge in [0.2, 0.25) is 0 Å². The van der Waals surface area contributed by atoms with Gasteiger partial charge < -0.3 is 15.5 Å². The van der Waals surface area contributed by atoms with E-state index in [1.165, 1.54) is 18.3 Å². The number of benzene rings is 2. The minimum Gasteiger partial charge on any atom is -0.378 e. The van der Waals surface area contributed by atoms with Crippen LogP contribution < -0.4 is 15.5 Å². The number of hydrogen-bond donors (Lipinski definition) is 2. The Balaban J connectivity index is 1.65. The maximum absolute atomic E-state index is 13.6. The van der Waals surface area contributed by atoms with Crippen LogP contribution in [-0.4, -0.2) is 25.0 Å². The van der Waals surface area contributed by atoms with E-state index in [0.717, 1.165) is 11.4 Å². The molecule has 0 radical (unpaired) electrons. The molecule has 0 fully saturated rings. The molecule has 3 aromatic rings. The lowest BCUT2D eigenvalue weighted by molar-refractivity contribution is 0.102. The van der Waals surface area contributed by atoms with Gasteiger partial charge in [-0.1, -0.05) is 12.1 Å². The van der Waals surface area contributed by atoms with E-state index >= 15 is 0 Å². The maximum Gasteiger partial charge on any atom is 0.258 e. The van der Waals surface area contributed by atoms with Gasteiger partial charge in [0.1, 0.15) is 11.6 Å². The molecule has 0 saturated heterocycles. The summed E-state index contributed by atoms with van der Waals surface area (Å²) in [5.41, 5.74) is 2.50. The van der Waals surface area contributed by atoms with Crippen LogP contribution in [0.15, 0.2) is 66.9 Å². The molecule has 2 N–H and O–H groups in total. The van der Waals surface area contributed by atoms with Crippen LogP contribution >= 0.6 is 0 Å². The number of nitrogens with one attached hydrogen (secondary N) is 2. The molecule has 0 bridgehead atoms. The fraction of sp³-hybridized carbons (Fsp3) is 0.100. The van der Waals surface area contributed by atoms with Crippen molar-refractivity contribution < 1.29 is 9.18 Å². The summed E-state index contributed by atoms with van der Waals surface area (Å²) < 4.78 is 13.6. The number of amides is 1. The lowest BCUT2D eigenvalue weighted by atomic mass is 10.2. The number of nitrogens with zero attached hydrogens (tertiary/aromatic N) is 2. The predicted octanol–water partition coefficient (Wildman–Crippen LogP) is 4.28. The molecular formula is C20H19FN4O. The summed E-state index contributed by atoms with van der Waals surface area (Å²) in [6.45, 7) is 0. The maximum atomic E-state index is 13.6. The number of rotatable bonds is 5. The van der Waals surface area contributed by atoms with Crippen molar-refractivity contribution in [3.8, 4) is 0 Å². The number of anilines is 4. The Morgan fingerprint density at radius 1 is 0.962 bits per heavy atom. The second kappa shape index (κ2) is 7.65. The topological polar surface area (TPSA) is 57.3 Å². The van der Waals surface area contributed by atoms with Crippen molar-refractivity contribution in [1.82, 2.24) is 4.98 Å². The van der Waals surface area contributed by atoms with Gasteiger partial charge in [-0.2, -0.15) is 0 Å². The summed E-state index contributed by atoms with van der Waals surface area (Å²) in [5, 5.41) is 5.82. The Kier molecular flexibility index (Phi) is 5.12. The Hall–Kier alpha value is -3.41. The average Bonchev–Trinajstić information content (AvgIpc) is 2.64. The van der Waals surface area contributed by atoms with Gasteiger partial charge in [-0.15, -0.1) is 0 Å². The monoisotopic (exact) mass is 350 g/mol. The first-order chi connectivity index (χ1) is 12.5. The van der Waals surface area contributed by atoms with E-state index in [2.05, 4.69) is 15.6 Å². The standard InChI is InChI=1S/C20H19FN4O/c1-25(2)16-10-7-14(8-11-16)23-19-12-9-15(13-22-19)24-20(26)17-5-3-4-6-18(17)21/h3-13H,1-2H3,(H,22,23)(H,24,26). The third kappa shape index (κ3) is 4.16. The molecule has 0 aliphatic rings. The van der Waals surface area contributed by atoms with Crippen LogP contribution in [0.2, 0.25) is 0 Å². The number of carbonyl (C=O) groups excluding carboxylic acids is 1. The SMILES string of the molecule is CN(C)c1ccc(Nc2ccc(NC(=O)c3ccccc3F)cn2)cc1. The van der Waals surface area contributed by atoms with Crippen molar-refractivity contribution >= 4 is 28.8 Å². The van der Waals surface area contributed by atoms with E-state index in [9.17, 15) is 9.18 Å². The highest BCUT2D eigenvalue weighted by Crippen LogP contribution is 2.20. The first-order valence-electron chi connectivity index (χ1n) is 8.09. The molecule has 6 heteroatoms. The molecule has 0 saturated carbocycles. The quantitative estimate of drug-likeness (QED) is 0.721. The van der Waals surface area contributed by atoms with Gasteiger partial charge in [-0.3, -0.25) is 4.79 Å². The largest absolute Gasteiger partial charge is 0.378 e. The van der Waals surface area contributed by atoms with Crippen molar-refractivity contribution in [3.05, 3.63) is 78.2 Å². The summed E-state index contributed by atoms with van der Waals surface area (Å²) in [5.74, 6) is -0.422. The zero-order chi connectivity index (χ0) is 18.5. The van der Waals surface area contributed by atoms with Crippen LogP contribution in [-0.2, 0) is 0 Å². The minimum atomic E-state index is -0.558. The smallest absolute Gasteiger partial charge is 0.258 e. The lowest BCUT2D eigenvalue weighted by Crippen LogP contribution is -2.13. The van der Waals surface area contributed by atoms with Gasteiger partial charge in [0.05, 0.1) is 17.4 Å². The molecule has 0 aliphatic heterocycles. The van der Waals surface area contributed by atoms with E-state index in [4.69, 9.17) is 0 Å². The summed E-state index contributed by atoms with van der Waals surface area (Å²) in [4.78, 5) is 18.4. The number of hydrogen-bond acceptors (Lipinski definition) is 4. The molecule has 2 aromatic carbocycles. The first-order valence-corrected chi connectivity index (χ1v) is 8.09. The molecule has 5 nitrogen and oxygen atoms in total. The van der Waals surface area contributed by atoms with Crippen LogP contribution in [0.25, 0.3) is 0 Å². The van der Waals surface area contributed by atoms with Crippen molar-refractivity contribution in [2.75, 3.05) is 29.6 Å². The molecule has 0 atom stereocenters. The Morgan fingerprint density at radius 2 is 1.65 bits per heavy atom. The van der Waals surface area contributed by atoms with Crippen LogP contribution in [0.4, 0.5) is 27.3 Å². The van der Waals surface area contributed by atoms with Crippen LogP contribution in [0.1, 0.15) is 10.4 Å². The molecule has 1 amide bonds. The summed E-state index contributed by atoms with van der Waals surface area (Å²) in [6, 6.07) is 17.2. The zero-order valence-corrected chi connectivity index (χ0v) is 14.5. The molecule has 3 rings (SSSR count). The van der Waals surface area contributed by atoms with Gasteiger partial charge in [0.25, 0.3) is 5.91 Å². The fourth-order valence-electron chi connectivity index (χ4n) is 2.38. The predicted molar refractivity (Wildman–Crippen MR) is 103 cm³/mol. The molecule has 1 heterocycles. The van der Waals surface area contributed by atoms with Gasteiger partial charge >= 0.3 is 0 Å². The van der Waals surface area contributed by atoms with Crippen LogP contribution in [0.5, 0.6) is 0 Å². The van der Waals surface area contributed by atoms with E-state index in [-0.39, 0.29) is 5.56 Å². The zero-order valence-electron chi connectivity index (χ0n) is 14.5. The van der Waals surface area contributed by atoms with Crippen molar-refractivity contribution in [1.29, 1.82) is 0 Å². The third-order valence-corrected chi connectivity index (χ3v) is 3.80. The Morgan fingerprint density at radius 3 is 2.27 bits per heavy atom. The summed E-state index contributed by atoms with van der Waals surface area (Å²) in [7, 11) is 3.97. The highest BCUT2D eigenvalue weighted by atomic mass is 19.1. The fourth-order valence-corrected chi connectivity index (χ4v) is 2.38. The van der Waals surface area contributed by atoms with Crippen molar-refractivity contribution in [2.24, 2.45) is 0 Å². The average molecular weight is 350 g/mol. The lowest BCUT2D eigenvalue weighted by Gasteiger charge is -2.13. The third-order valence-electron chi connectivity index (χ3n) is 3.80. The van der Waals surface area contributed by atoms with E-state index in [1.807, 2.05) is 43.3 Å². The van der Waals surface area contributed by atoms with Crippen LogP contribution in [0, 0.1) is 5.82 Å². The normalized spacial score (nSPS) is 10.3. The highest BCUT2D eigenvalue weighted by Gasteiger charge is 2.11. The molecule has 0 spiro atoms. The summed E-state index contributed by atoms with van der Waals surface area (Å²) in [6.07, 6.45) is 1.52. The van der Waals surface area contributed by atoms with E-state index < -0.39 is 11.7 Å². The van der Waals surface area contributed by atoms with Gasteiger partial charge in [0, 0.05) is 25.5 Å². The molecule has 26 heavy (non-hydrogen) atoms. The molecular weight excluding hydrogens is 331 g/mol. The molecule has 132 valence electrons. The van der Waals surface area contributed by atoms with Gasteiger partial charge in [0.15, 0.2) is 0 Å².